The molecule has 20 heavy (non-hydrogen) atoms. The van der Waals surface area contributed by atoms with E-state index in [4.69, 9.17) is 0 Å². The minimum Gasteiger partial charge on any atom is -0.393 e. The van der Waals surface area contributed by atoms with Gasteiger partial charge in [0.1, 0.15) is 5.82 Å². The third-order valence-corrected chi connectivity index (χ3v) is 2.77. The molecule has 3 N–H and O–H groups in total. The molecular weight excluding hydrogens is 263 g/mol. The number of hydrogen-bond acceptors (Lipinski definition) is 3. The van der Waals surface area contributed by atoms with Crippen LogP contribution in [-0.4, -0.2) is 36.1 Å². The van der Waals surface area contributed by atoms with Gasteiger partial charge in [-0.15, -0.1) is 0 Å². The molecule has 6 heteroatoms. The first-order valence-corrected chi connectivity index (χ1v) is 6.51. The molecule has 0 aliphatic carbocycles. The molecule has 2 amide bonds. The monoisotopic (exact) mass is 282 g/mol. The van der Waals surface area contributed by atoms with Gasteiger partial charge < -0.3 is 15.7 Å². The lowest BCUT2D eigenvalue weighted by molar-refractivity contribution is -0.120. The minimum absolute atomic E-state index is 0.166. The van der Waals surface area contributed by atoms with Gasteiger partial charge in [-0.2, -0.15) is 0 Å². The van der Waals surface area contributed by atoms with Crippen LogP contribution in [0.15, 0.2) is 24.3 Å². The number of carbonyl (C=O) groups is 2. The minimum atomic E-state index is -0.506. The summed E-state index contributed by atoms with van der Waals surface area (Å²) in [6.07, 6.45) is 0.670. The summed E-state index contributed by atoms with van der Waals surface area (Å²) in [5.74, 6) is -1.36. The molecule has 0 aliphatic heterocycles. The van der Waals surface area contributed by atoms with Crippen LogP contribution in [0.4, 0.5) is 4.39 Å². The molecule has 110 valence electrons. The van der Waals surface area contributed by atoms with Gasteiger partial charge in [0, 0.05) is 12.1 Å². The molecule has 0 bridgehead atoms. The van der Waals surface area contributed by atoms with E-state index >= 15 is 0 Å². The maximum Gasteiger partial charge on any atom is 0.251 e. The van der Waals surface area contributed by atoms with E-state index in [1.165, 1.54) is 18.2 Å². The largest absolute Gasteiger partial charge is 0.393 e. The molecule has 1 unspecified atom stereocenters. The fourth-order valence-corrected chi connectivity index (χ4v) is 1.54. The van der Waals surface area contributed by atoms with Gasteiger partial charge in [-0.1, -0.05) is 13.0 Å². The van der Waals surface area contributed by atoms with Gasteiger partial charge in [-0.3, -0.25) is 9.59 Å². The molecule has 0 aromatic heterocycles. The number of aliphatic hydroxyl groups excluding tert-OH is 1. The Morgan fingerprint density at radius 3 is 2.75 bits per heavy atom. The number of benzene rings is 1. The Balaban J connectivity index is 2.29. The third kappa shape index (κ3) is 5.79. The summed E-state index contributed by atoms with van der Waals surface area (Å²) >= 11 is 0. The van der Waals surface area contributed by atoms with Crippen LogP contribution in [0.3, 0.4) is 0 Å². The van der Waals surface area contributed by atoms with Crippen molar-refractivity contribution >= 4 is 11.8 Å². The van der Waals surface area contributed by atoms with Gasteiger partial charge in [-0.25, -0.2) is 4.39 Å². The maximum atomic E-state index is 12.9. The zero-order valence-electron chi connectivity index (χ0n) is 11.4. The molecule has 0 heterocycles. The Labute approximate surface area is 117 Å². The Morgan fingerprint density at radius 2 is 2.10 bits per heavy atom. The first-order valence-electron chi connectivity index (χ1n) is 6.51. The van der Waals surface area contributed by atoms with E-state index in [2.05, 4.69) is 10.6 Å². The number of amides is 2. The van der Waals surface area contributed by atoms with E-state index < -0.39 is 17.8 Å². The van der Waals surface area contributed by atoms with Crippen molar-refractivity contribution in [2.45, 2.75) is 25.9 Å². The van der Waals surface area contributed by atoms with Crippen molar-refractivity contribution in [2.75, 3.05) is 13.1 Å². The maximum absolute atomic E-state index is 12.9. The molecule has 1 rings (SSSR count). The molecule has 0 spiro atoms. The van der Waals surface area contributed by atoms with Crippen LogP contribution in [-0.2, 0) is 4.79 Å². The standard InChI is InChI=1S/C14H19FN2O3/c1-2-12(18)6-7-16-13(19)9-17-14(20)10-4-3-5-11(15)8-10/h3-5,8,12,18H,2,6-7,9H2,1H3,(H,16,19)(H,17,20). The predicted octanol–water partition coefficient (Wildman–Crippen LogP) is 0.833. The molecule has 0 saturated heterocycles. The summed E-state index contributed by atoms with van der Waals surface area (Å²) < 4.78 is 12.9. The fraction of sp³-hybridized carbons (Fsp3) is 0.429. The van der Waals surface area contributed by atoms with Crippen LogP contribution in [0.1, 0.15) is 30.1 Å². The van der Waals surface area contributed by atoms with Crippen molar-refractivity contribution in [3.63, 3.8) is 0 Å². The van der Waals surface area contributed by atoms with E-state index in [1.807, 2.05) is 6.92 Å². The van der Waals surface area contributed by atoms with Crippen LogP contribution < -0.4 is 10.6 Å². The van der Waals surface area contributed by atoms with Crippen molar-refractivity contribution in [3.8, 4) is 0 Å². The molecule has 0 radical (unpaired) electrons. The molecule has 0 fully saturated rings. The Kier molecular flexibility index (Phi) is 6.66. The number of carbonyl (C=O) groups excluding carboxylic acids is 2. The van der Waals surface area contributed by atoms with Gasteiger partial charge in [0.15, 0.2) is 0 Å². The van der Waals surface area contributed by atoms with E-state index in [9.17, 15) is 19.1 Å². The lowest BCUT2D eigenvalue weighted by atomic mass is 10.2. The molecule has 0 saturated carbocycles. The highest BCUT2D eigenvalue weighted by Gasteiger charge is 2.09. The highest BCUT2D eigenvalue weighted by molar-refractivity contribution is 5.96. The van der Waals surface area contributed by atoms with E-state index in [-0.39, 0.29) is 18.0 Å². The smallest absolute Gasteiger partial charge is 0.251 e. The highest BCUT2D eigenvalue weighted by Crippen LogP contribution is 2.02. The van der Waals surface area contributed by atoms with Crippen molar-refractivity contribution in [3.05, 3.63) is 35.6 Å². The molecule has 0 aliphatic rings. The molecule has 1 aromatic rings. The fourth-order valence-electron chi connectivity index (χ4n) is 1.54. The number of aliphatic hydroxyl groups is 1. The molecule has 1 aromatic carbocycles. The lowest BCUT2D eigenvalue weighted by Crippen LogP contribution is -2.37. The first-order chi connectivity index (χ1) is 9.52. The van der Waals surface area contributed by atoms with Crippen LogP contribution in [0.5, 0.6) is 0 Å². The van der Waals surface area contributed by atoms with Crippen molar-refractivity contribution in [1.29, 1.82) is 0 Å². The number of nitrogens with one attached hydrogen (secondary N) is 2. The van der Waals surface area contributed by atoms with E-state index in [0.717, 1.165) is 6.07 Å². The van der Waals surface area contributed by atoms with Crippen LogP contribution in [0, 0.1) is 5.82 Å². The van der Waals surface area contributed by atoms with Crippen molar-refractivity contribution in [1.82, 2.24) is 10.6 Å². The van der Waals surface area contributed by atoms with Crippen LogP contribution >= 0.6 is 0 Å². The average Bonchev–Trinajstić information content (AvgIpc) is 2.44. The number of halogens is 1. The SMILES string of the molecule is CCC(O)CCNC(=O)CNC(=O)c1cccc(F)c1. The van der Waals surface area contributed by atoms with Gasteiger partial charge >= 0.3 is 0 Å². The highest BCUT2D eigenvalue weighted by atomic mass is 19.1. The number of hydrogen-bond donors (Lipinski definition) is 3. The average molecular weight is 282 g/mol. The molecular formula is C14H19FN2O3. The second-order valence-corrected chi connectivity index (χ2v) is 4.39. The topological polar surface area (TPSA) is 78.4 Å². The molecule has 1 atom stereocenters. The van der Waals surface area contributed by atoms with Gasteiger partial charge in [0.2, 0.25) is 5.91 Å². The summed E-state index contributed by atoms with van der Waals surface area (Å²) in [6.45, 7) is 2.02. The molecule has 5 nitrogen and oxygen atoms in total. The van der Waals surface area contributed by atoms with E-state index in [1.54, 1.807) is 0 Å². The Bertz CT molecular complexity index is 465. The summed E-state index contributed by atoms with van der Waals surface area (Å²) in [5, 5.41) is 14.3. The van der Waals surface area contributed by atoms with Crippen LogP contribution in [0.2, 0.25) is 0 Å². The van der Waals surface area contributed by atoms with Crippen molar-refractivity contribution in [2.24, 2.45) is 0 Å². The predicted molar refractivity (Wildman–Crippen MR) is 72.7 cm³/mol. The van der Waals surface area contributed by atoms with Gasteiger partial charge in [0.05, 0.1) is 12.6 Å². The van der Waals surface area contributed by atoms with Crippen molar-refractivity contribution < 1.29 is 19.1 Å². The van der Waals surface area contributed by atoms with Crippen LogP contribution in [0.25, 0.3) is 0 Å². The normalized spacial score (nSPS) is 11.8. The quantitative estimate of drug-likeness (QED) is 0.693. The summed E-state index contributed by atoms with van der Waals surface area (Å²) in [5.41, 5.74) is 0.166. The summed E-state index contributed by atoms with van der Waals surface area (Å²) in [7, 11) is 0. The third-order valence-electron chi connectivity index (χ3n) is 2.77. The zero-order valence-corrected chi connectivity index (χ0v) is 11.4. The van der Waals surface area contributed by atoms with Gasteiger partial charge in [0.25, 0.3) is 5.91 Å². The zero-order chi connectivity index (χ0) is 15.0. The summed E-state index contributed by atoms with van der Waals surface area (Å²) in [4.78, 5) is 23.1. The van der Waals surface area contributed by atoms with Gasteiger partial charge in [-0.05, 0) is 31.0 Å². The second-order valence-electron chi connectivity index (χ2n) is 4.39. The summed E-state index contributed by atoms with van der Waals surface area (Å²) in [6, 6.07) is 5.23. The Morgan fingerprint density at radius 1 is 1.35 bits per heavy atom. The second kappa shape index (κ2) is 8.27. The van der Waals surface area contributed by atoms with E-state index in [0.29, 0.717) is 19.4 Å². The Hall–Kier alpha value is -1.95. The lowest BCUT2D eigenvalue weighted by Gasteiger charge is -2.09. The first kappa shape index (κ1) is 16.1. The number of rotatable bonds is 7.